The van der Waals surface area contributed by atoms with Gasteiger partial charge in [-0.05, 0) is 36.1 Å². The van der Waals surface area contributed by atoms with Crippen LogP contribution in [-0.2, 0) is 5.41 Å². The van der Waals surface area contributed by atoms with Crippen molar-refractivity contribution in [2.24, 2.45) is 0 Å². The number of benzene rings is 3. The first-order valence-corrected chi connectivity index (χ1v) is 12.0. The minimum Gasteiger partial charge on any atom is -0.293 e. The Balaban J connectivity index is 1.61. The first-order chi connectivity index (χ1) is 17.5. The summed E-state index contributed by atoms with van der Waals surface area (Å²) in [5, 5.41) is 0. The van der Waals surface area contributed by atoms with Gasteiger partial charge < -0.3 is 0 Å². The molecule has 0 N–H and O–H groups in total. The number of nitrogens with zero attached hydrogens (tertiary/aromatic N) is 7. The van der Waals surface area contributed by atoms with Crippen molar-refractivity contribution in [1.29, 1.82) is 0 Å². The van der Waals surface area contributed by atoms with E-state index in [1.54, 1.807) is 24.8 Å². The van der Waals surface area contributed by atoms with Crippen LogP contribution < -0.4 is 4.90 Å². The van der Waals surface area contributed by atoms with Crippen LogP contribution in [0.4, 0.5) is 17.2 Å². The summed E-state index contributed by atoms with van der Waals surface area (Å²) >= 11 is 0. The average molecular weight is 470 g/mol. The summed E-state index contributed by atoms with van der Waals surface area (Å²) in [5.74, 6) is 0.735. The lowest BCUT2D eigenvalue weighted by molar-refractivity contribution is 0.629. The summed E-state index contributed by atoms with van der Waals surface area (Å²) in [5.41, 5.74) is 11.1. The van der Waals surface area contributed by atoms with Gasteiger partial charge in [0.25, 0.3) is 0 Å². The fourth-order valence-corrected chi connectivity index (χ4v) is 5.60. The first kappa shape index (κ1) is 20.8. The number of hydrogen-bond donors (Lipinski definition) is 0. The minimum atomic E-state index is -0.159. The molecule has 4 heterocycles. The highest BCUT2D eigenvalue weighted by Gasteiger charge is 2.39. The molecular formula is C29H23N7. The van der Waals surface area contributed by atoms with Crippen LogP contribution >= 0.6 is 0 Å². The van der Waals surface area contributed by atoms with Gasteiger partial charge in [0, 0.05) is 30.2 Å². The van der Waals surface area contributed by atoms with Crippen LogP contribution in [0.5, 0.6) is 0 Å². The summed E-state index contributed by atoms with van der Waals surface area (Å²) < 4.78 is 0. The maximum Gasteiger partial charge on any atom is 0.157 e. The van der Waals surface area contributed by atoms with Crippen LogP contribution in [0.25, 0.3) is 33.1 Å². The normalized spacial score (nSPS) is 14.3. The fourth-order valence-electron chi connectivity index (χ4n) is 5.60. The van der Waals surface area contributed by atoms with Crippen LogP contribution in [0.2, 0.25) is 0 Å². The second-order valence-corrected chi connectivity index (χ2v) is 9.84. The number of anilines is 3. The van der Waals surface area contributed by atoms with Gasteiger partial charge in [-0.1, -0.05) is 50.2 Å². The first-order valence-electron chi connectivity index (χ1n) is 12.0. The lowest BCUT2D eigenvalue weighted by Gasteiger charge is -2.43. The van der Waals surface area contributed by atoms with E-state index >= 15 is 0 Å². The topological polar surface area (TPSA) is 80.6 Å². The van der Waals surface area contributed by atoms with Gasteiger partial charge in [0.1, 0.15) is 33.1 Å². The fraction of sp³-hybridized carbons (Fsp3) is 0.172. The third kappa shape index (κ3) is 2.68. The largest absolute Gasteiger partial charge is 0.293 e. The van der Waals surface area contributed by atoms with E-state index in [9.17, 15) is 0 Å². The second-order valence-electron chi connectivity index (χ2n) is 9.84. The summed E-state index contributed by atoms with van der Waals surface area (Å²) in [6.07, 6.45) is 8.53. The Morgan fingerprint density at radius 1 is 0.583 bits per heavy atom. The molecule has 0 fully saturated rings. The minimum absolute atomic E-state index is 0.159. The van der Waals surface area contributed by atoms with Crippen molar-refractivity contribution in [3.8, 4) is 0 Å². The monoisotopic (exact) mass is 469 g/mol. The Hall–Kier alpha value is -4.52. The Kier molecular flexibility index (Phi) is 4.19. The van der Waals surface area contributed by atoms with E-state index in [1.807, 2.05) is 6.20 Å². The maximum absolute atomic E-state index is 5.20. The predicted octanol–water partition coefficient (Wildman–Crippen LogP) is 6.24. The smallest absolute Gasteiger partial charge is 0.157 e. The summed E-state index contributed by atoms with van der Waals surface area (Å²) in [6, 6.07) is 13.0. The molecule has 6 aromatic rings. The zero-order valence-electron chi connectivity index (χ0n) is 20.5. The highest BCUT2D eigenvalue weighted by molar-refractivity contribution is 6.17. The molecule has 0 saturated carbocycles. The van der Waals surface area contributed by atoms with Crippen LogP contribution in [0.15, 0.2) is 67.4 Å². The summed E-state index contributed by atoms with van der Waals surface area (Å²) in [4.78, 5) is 30.7. The molecule has 1 aliphatic rings. The quantitative estimate of drug-likeness (QED) is 0.264. The summed E-state index contributed by atoms with van der Waals surface area (Å²) in [6.45, 7) is 8.90. The number of rotatable bonds is 1. The molecule has 3 aromatic heterocycles. The lowest BCUT2D eigenvalue weighted by Crippen LogP contribution is -2.32. The SMILES string of the molecule is Cc1cccc2c1N(c1cnc3c4nccnc4c4nccnc4c3n1)c1c(C)cccc1C2(C)C. The van der Waals surface area contributed by atoms with Crippen LogP contribution in [0, 0.1) is 13.8 Å². The Morgan fingerprint density at radius 3 is 1.53 bits per heavy atom. The van der Waals surface area contributed by atoms with E-state index in [-0.39, 0.29) is 5.41 Å². The Bertz CT molecular complexity index is 1770. The number of para-hydroxylation sites is 2. The Labute approximate surface area is 207 Å². The molecule has 0 amide bonds. The summed E-state index contributed by atoms with van der Waals surface area (Å²) in [7, 11) is 0. The highest BCUT2D eigenvalue weighted by Crippen LogP contribution is 2.53. The van der Waals surface area contributed by atoms with Gasteiger partial charge in [-0.15, -0.1) is 0 Å². The molecule has 1 aliphatic heterocycles. The number of aromatic nitrogens is 6. The van der Waals surface area contributed by atoms with Crippen molar-refractivity contribution in [1.82, 2.24) is 29.9 Å². The highest BCUT2D eigenvalue weighted by atomic mass is 15.2. The van der Waals surface area contributed by atoms with Crippen molar-refractivity contribution >= 4 is 50.3 Å². The predicted molar refractivity (Wildman–Crippen MR) is 142 cm³/mol. The third-order valence-electron chi connectivity index (χ3n) is 7.33. The zero-order chi connectivity index (χ0) is 24.6. The molecule has 0 bridgehead atoms. The van der Waals surface area contributed by atoms with E-state index in [0.717, 1.165) is 17.2 Å². The van der Waals surface area contributed by atoms with Crippen molar-refractivity contribution < 1.29 is 0 Å². The van der Waals surface area contributed by atoms with E-state index in [4.69, 9.17) is 9.97 Å². The Morgan fingerprint density at radius 2 is 1.03 bits per heavy atom. The number of hydrogen-bond acceptors (Lipinski definition) is 7. The van der Waals surface area contributed by atoms with E-state index < -0.39 is 0 Å². The zero-order valence-corrected chi connectivity index (χ0v) is 20.5. The van der Waals surface area contributed by atoms with Crippen LogP contribution in [0.1, 0.15) is 36.1 Å². The molecule has 36 heavy (non-hydrogen) atoms. The van der Waals surface area contributed by atoms with Crippen molar-refractivity contribution in [3.63, 3.8) is 0 Å². The van der Waals surface area contributed by atoms with E-state index in [1.165, 1.54) is 22.3 Å². The molecule has 7 nitrogen and oxygen atoms in total. The molecule has 0 spiro atoms. The molecule has 0 atom stereocenters. The standard InChI is InChI=1S/C29H23N7/c1-16-7-5-9-18-27(16)36(28-17(2)8-6-10-19(28)29(18,3)4)20-15-34-25-23-21(30-11-12-32-23)22-24(26(25)35-20)33-14-13-31-22/h5-15H,1-4H3. The van der Waals surface area contributed by atoms with Crippen LogP contribution in [-0.4, -0.2) is 29.9 Å². The average Bonchev–Trinajstić information content (AvgIpc) is 2.90. The van der Waals surface area contributed by atoms with Gasteiger partial charge in [0.2, 0.25) is 0 Å². The third-order valence-corrected chi connectivity index (χ3v) is 7.33. The van der Waals surface area contributed by atoms with Crippen molar-refractivity contribution in [3.05, 3.63) is 89.6 Å². The second kappa shape index (κ2) is 7.24. The lowest BCUT2D eigenvalue weighted by atomic mass is 9.72. The van der Waals surface area contributed by atoms with Gasteiger partial charge >= 0.3 is 0 Å². The van der Waals surface area contributed by atoms with Crippen LogP contribution in [0.3, 0.4) is 0 Å². The molecular weight excluding hydrogens is 446 g/mol. The number of fused-ring (bicyclic) bond motifs is 8. The van der Waals surface area contributed by atoms with Gasteiger partial charge in [0.15, 0.2) is 5.82 Å². The molecule has 7 heteroatoms. The van der Waals surface area contributed by atoms with Gasteiger partial charge in [-0.2, -0.15) is 0 Å². The van der Waals surface area contributed by atoms with Gasteiger partial charge in [-0.25, -0.2) is 9.97 Å². The van der Waals surface area contributed by atoms with Crippen molar-refractivity contribution in [2.45, 2.75) is 33.1 Å². The molecule has 7 rings (SSSR count). The molecule has 3 aromatic carbocycles. The van der Waals surface area contributed by atoms with Gasteiger partial charge in [-0.3, -0.25) is 24.8 Å². The molecule has 174 valence electrons. The molecule has 0 saturated heterocycles. The number of aryl methyl sites for hydroxylation is 2. The maximum atomic E-state index is 5.20. The molecule has 0 aliphatic carbocycles. The van der Waals surface area contributed by atoms with E-state index in [2.05, 4.69) is 88.9 Å². The van der Waals surface area contributed by atoms with Gasteiger partial charge in [0.05, 0.1) is 17.6 Å². The van der Waals surface area contributed by atoms with Crippen molar-refractivity contribution in [2.75, 3.05) is 4.90 Å². The molecule has 0 unspecified atom stereocenters. The molecule has 0 radical (unpaired) electrons. The van der Waals surface area contributed by atoms with E-state index in [0.29, 0.717) is 33.1 Å².